The van der Waals surface area contributed by atoms with E-state index in [0.29, 0.717) is 48.3 Å². The van der Waals surface area contributed by atoms with E-state index >= 15 is 0 Å². The van der Waals surface area contributed by atoms with E-state index in [9.17, 15) is 8.42 Å². The van der Waals surface area contributed by atoms with Crippen LogP contribution in [0.4, 0.5) is 11.5 Å². The fourth-order valence-corrected chi connectivity index (χ4v) is 3.69. The molecule has 0 bridgehead atoms. The van der Waals surface area contributed by atoms with Gasteiger partial charge in [-0.15, -0.1) is 0 Å². The van der Waals surface area contributed by atoms with Gasteiger partial charge in [-0.3, -0.25) is 0 Å². The Labute approximate surface area is 168 Å². The molecule has 0 spiro atoms. The standard InChI is InChI=1S/C19H21N5O4S/c1-24(2)10-12-3-4-13(29(20,25)26)7-15(12)23-19-14-8-17-18(28-6-5-27-17)9-16(14)21-11-22-19/h3-4,7-9,11H,5-6,10H2,1-2H3,(H2,20,25,26)(H,21,22,23). The van der Waals surface area contributed by atoms with Crippen LogP contribution in [0, 0.1) is 0 Å². The van der Waals surface area contributed by atoms with Crippen LogP contribution in [0.3, 0.4) is 0 Å². The number of rotatable bonds is 5. The Morgan fingerprint density at radius 2 is 1.83 bits per heavy atom. The number of nitrogens with one attached hydrogen (secondary N) is 1. The Hall–Kier alpha value is -2.95. The molecule has 0 fully saturated rings. The van der Waals surface area contributed by atoms with Gasteiger partial charge in [0.25, 0.3) is 0 Å². The molecule has 29 heavy (non-hydrogen) atoms. The Morgan fingerprint density at radius 1 is 1.10 bits per heavy atom. The summed E-state index contributed by atoms with van der Waals surface area (Å²) in [5.41, 5.74) is 2.18. The van der Waals surface area contributed by atoms with E-state index < -0.39 is 10.0 Å². The van der Waals surface area contributed by atoms with E-state index in [-0.39, 0.29) is 4.90 Å². The van der Waals surface area contributed by atoms with Crippen LogP contribution in [0.1, 0.15) is 5.56 Å². The third kappa shape index (κ3) is 4.09. The molecule has 3 aromatic rings. The molecule has 0 amide bonds. The molecule has 152 valence electrons. The summed E-state index contributed by atoms with van der Waals surface area (Å²) < 4.78 is 34.9. The molecule has 4 rings (SSSR count). The van der Waals surface area contributed by atoms with E-state index in [4.69, 9.17) is 14.6 Å². The second-order valence-corrected chi connectivity index (χ2v) is 8.52. The van der Waals surface area contributed by atoms with Crippen molar-refractivity contribution < 1.29 is 17.9 Å². The number of aromatic nitrogens is 2. The van der Waals surface area contributed by atoms with Crippen LogP contribution < -0.4 is 19.9 Å². The van der Waals surface area contributed by atoms with Crippen LogP contribution in [-0.4, -0.2) is 50.6 Å². The highest BCUT2D eigenvalue weighted by Gasteiger charge is 2.17. The monoisotopic (exact) mass is 415 g/mol. The molecule has 0 radical (unpaired) electrons. The fourth-order valence-electron chi connectivity index (χ4n) is 3.15. The van der Waals surface area contributed by atoms with Crippen molar-refractivity contribution in [2.75, 3.05) is 32.6 Å². The summed E-state index contributed by atoms with van der Waals surface area (Å²) in [4.78, 5) is 10.7. The maximum Gasteiger partial charge on any atom is 0.238 e. The van der Waals surface area contributed by atoms with Gasteiger partial charge in [0.05, 0.1) is 10.4 Å². The van der Waals surface area contributed by atoms with Crippen LogP contribution in [0.15, 0.2) is 41.6 Å². The largest absolute Gasteiger partial charge is 0.486 e. The molecule has 3 N–H and O–H groups in total. The first-order chi connectivity index (χ1) is 13.8. The lowest BCUT2D eigenvalue weighted by Gasteiger charge is -2.20. The highest BCUT2D eigenvalue weighted by atomic mass is 32.2. The van der Waals surface area contributed by atoms with Gasteiger partial charge >= 0.3 is 0 Å². The molecule has 0 atom stereocenters. The fraction of sp³-hybridized carbons (Fsp3) is 0.263. The number of primary sulfonamides is 1. The van der Waals surface area contributed by atoms with E-state index in [2.05, 4.69) is 15.3 Å². The summed E-state index contributed by atoms with van der Waals surface area (Å²) in [5, 5.41) is 9.29. The van der Waals surface area contributed by atoms with Gasteiger partial charge in [-0.25, -0.2) is 23.5 Å². The lowest BCUT2D eigenvalue weighted by atomic mass is 10.1. The van der Waals surface area contributed by atoms with Gasteiger partial charge in [-0.2, -0.15) is 0 Å². The normalized spacial score (nSPS) is 13.7. The Bertz CT molecular complexity index is 1180. The SMILES string of the molecule is CN(C)Cc1ccc(S(N)(=O)=O)cc1Nc1ncnc2cc3c(cc12)OCCO3. The first-order valence-corrected chi connectivity index (χ1v) is 10.5. The summed E-state index contributed by atoms with van der Waals surface area (Å²) in [6, 6.07) is 8.38. The summed E-state index contributed by atoms with van der Waals surface area (Å²) in [6.07, 6.45) is 1.44. The van der Waals surface area contributed by atoms with Gasteiger partial charge in [-0.05, 0) is 37.9 Å². The predicted octanol–water partition coefficient (Wildman–Crippen LogP) is 1.85. The third-order valence-electron chi connectivity index (χ3n) is 4.45. The molecular formula is C19H21N5O4S. The molecule has 1 aliphatic rings. The van der Waals surface area contributed by atoms with Crippen molar-refractivity contribution in [3.8, 4) is 11.5 Å². The molecule has 1 aliphatic heterocycles. The summed E-state index contributed by atoms with van der Waals surface area (Å²) in [7, 11) is 0.0229. The van der Waals surface area contributed by atoms with Crippen LogP contribution in [0.2, 0.25) is 0 Å². The maximum atomic E-state index is 11.8. The van der Waals surface area contributed by atoms with Crippen molar-refractivity contribution in [1.29, 1.82) is 0 Å². The van der Waals surface area contributed by atoms with Gasteiger partial charge in [0.1, 0.15) is 25.4 Å². The molecule has 0 saturated carbocycles. The number of hydrogen-bond acceptors (Lipinski definition) is 8. The number of sulfonamides is 1. The van der Waals surface area contributed by atoms with Crippen molar-refractivity contribution in [3.63, 3.8) is 0 Å². The zero-order valence-corrected chi connectivity index (χ0v) is 16.9. The highest BCUT2D eigenvalue weighted by molar-refractivity contribution is 7.89. The molecular weight excluding hydrogens is 394 g/mol. The molecule has 0 unspecified atom stereocenters. The van der Waals surface area contributed by atoms with Crippen molar-refractivity contribution in [3.05, 3.63) is 42.2 Å². The number of nitrogens with two attached hydrogens (primary N) is 1. The number of nitrogens with zero attached hydrogens (tertiary/aromatic N) is 3. The zero-order chi connectivity index (χ0) is 20.6. The van der Waals surface area contributed by atoms with E-state index in [1.54, 1.807) is 12.1 Å². The summed E-state index contributed by atoms with van der Waals surface area (Å²) >= 11 is 0. The number of fused-ring (bicyclic) bond motifs is 2. The number of benzene rings is 2. The van der Waals surface area contributed by atoms with Crippen molar-refractivity contribution in [2.45, 2.75) is 11.4 Å². The minimum absolute atomic E-state index is 0.0231. The van der Waals surface area contributed by atoms with Gasteiger partial charge < -0.3 is 19.7 Å². The summed E-state index contributed by atoms with van der Waals surface area (Å²) in [5.74, 6) is 1.78. The lowest BCUT2D eigenvalue weighted by Crippen LogP contribution is -2.16. The van der Waals surface area contributed by atoms with Crippen molar-refractivity contribution in [2.24, 2.45) is 5.14 Å². The molecule has 9 nitrogen and oxygen atoms in total. The first kappa shape index (κ1) is 19.4. The molecule has 2 heterocycles. The quantitative estimate of drug-likeness (QED) is 0.648. The maximum absolute atomic E-state index is 11.8. The van der Waals surface area contributed by atoms with E-state index in [0.717, 1.165) is 10.9 Å². The Kier molecular flexibility index (Phi) is 4.99. The van der Waals surface area contributed by atoms with Gasteiger partial charge in [0, 0.05) is 23.7 Å². The average molecular weight is 415 g/mol. The van der Waals surface area contributed by atoms with E-state index in [1.165, 1.54) is 18.5 Å². The molecule has 0 saturated heterocycles. The van der Waals surface area contributed by atoms with Crippen LogP contribution in [0.5, 0.6) is 11.5 Å². The second kappa shape index (κ2) is 7.47. The van der Waals surface area contributed by atoms with Gasteiger partial charge in [0.15, 0.2) is 11.5 Å². The van der Waals surface area contributed by atoms with Crippen LogP contribution >= 0.6 is 0 Å². The zero-order valence-electron chi connectivity index (χ0n) is 16.0. The Balaban J connectivity index is 1.81. The third-order valence-corrected chi connectivity index (χ3v) is 5.36. The highest BCUT2D eigenvalue weighted by Crippen LogP contribution is 2.36. The van der Waals surface area contributed by atoms with Gasteiger partial charge in [0.2, 0.25) is 10.0 Å². The second-order valence-electron chi connectivity index (χ2n) is 6.96. The van der Waals surface area contributed by atoms with Gasteiger partial charge in [-0.1, -0.05) is 6.07 Å². The minimum Gasteiger partial charge on any atom is -0.486 e. The Morgan fingerprint density at radius 3 is 2.52 bits per heavy atom. The number of hydrogen-bond donors (Lipinski definition) is 2. The number of ether oxygens (including phenoxy) is 2. The van der Waals surface area contributed by atoms with E-state index in [1.807, 2.05) is 25.1 Å². The topological polar surface area (TPSA) is 120 Å². The van der Waals surface area contributed by atoms with Crippen LogP contribution in [-0.2, 0) is 16.6 Å². The van der Waals surface area contributed by atoms with Crippen molar-refractivity contribution >= 4 is 32.4 Å². The molecule has 10 heteroatoms. The summed E-state index contributed by atoms with van der Waals surface area (Å²) in [6.45, 7) is 1.56. The van der Waals surface area contributed by atoms with Crippen molar-refractivity contribution in [1.82, 2.24) is 14.9 Å². The molecule has 2 aromatic carbocycles. The lowest BCUT2D eigenvalue weighted by molar-refractivity contribution is 0.172. The smallest absolute Gasteiger partial charge is 0.238 e. The average Bonchev–Trinajstić information content (AvgIpc) is 2.67. The minimum atomic E-state index is -3.84. The molecule has 1 aromatic heterocycles. The number of anilines is 2. The first-order valence-electron chi connectivity index (χ1n) is 8.93. The predicted molar refractivity (Wildman–Crippen MR) is 109 cm³/mol. The van der Waals surface area contributed by atoms with Crippen LogP contribution in [0.25, 0.3) is 10.9 Å². The molecule has 0 aliphatic carbocycles.